The van der Waals surface area contributed by atoms with Crippen molar-refractivity contribution >= 4 is 6.09 Å². The minimum Gasteiger partial charge on any atom is -0.465 e. The van der Waals surface area contributed by atoms with Crippen LogP contribution < -0.4 is 4.74 Å². The third-order valence-corrected chi connectivity index (χ3v) is 5.00. The van der Waals surface area contributed by atoms with Gasteiger partial charge in [0.1, 0.15) is 0 Å². The lowest BCUT2D eigenvalue weighted by atomic mass is 9.98. The van der Waals surface area contributed by atoms with Crippen LogP contribution in [0.1, 0.15) is 41.9 Å². The van der Waals surface area contributed by atoms with Crippen LogP contribution >= 0.6 is 0 Å². The van der Waals surface area contributed by atoms with Crippen LogP contribution in [0.4, 0.5) is 31.1 Å². The van der Waals surface area contributed by atoms with E-state index in [9.17, 15) is 36.2 Å². The average Bonchev–Trinajstić information content (AvgIpc) is 3.05. The largest absolute Gasteiger partial charge is 0.465 e. The summed E-state index contributed by atoms with van der Waals surface area (Å²) in [5.74, 6) is 0. The van der Waals surface area contributed by atoms with E-state index in [-0.39, 0.29) is 44.2 Å². The topological polar surface area (TPSA) is 67.6 Å². The molecule has 1 aromatic carbocycles. The molecule has 0 saturated carbocycles. The smallest absolute Gasteiger partial charge is 0.435 e. The highest BCUT2D eigenvalue weighted by Gasteiger charge is 2.45. The van der Waals surface area contributed by atoms with Gasteiger partial charge < -0.3 is 9.84 Å². The summed E-state index contributed by atoms with van der Waals surface area (Å²) in [5.41, 5.74) is -1.95. The van der Waals surface area contributed by atoms with Gasteiger partial charge in [0.2, 0.25) is 0 Å². The Morgan fingerprint density at radius 2 is 1.77 bits per heavy atom. The number of halogens is 6. The molecule has 1 aliphatic rings. The molecule has 1 amide bonds. The number of alkyl halides is 6. The summed E-state index contributed by atoms with van der Waals surface area (Å²) in [4.78, 5) is 16.1. The third-order valence-electron chi connectivity index (χ3n) is 5.00. The Morgan fingerprint density at radius 3 is 2.29 bits per heavy atom. The van der Waals surface area contributed by atoms with Crippen LogP contribution in [0, 0.1) is 0 Å². The van der Waals surface area contributed by atoms with E-state index in [4.69, 9.17) is 4.74 Å². The predicted octanol–water partition coefficient (Wildman–Crippen LogP) is 4.99. The van der Waals surface area contributed by atoms with Crippen molar-refractivity contribution in [1.82, 2.24) is 14.5 Å². The Bertz CT molecular complexity index is 937. The molecular weight excluding hydrogens is 432 g/mol. The van der Waals surface area contributed by atoms with Gasteiger partial charge in [0.25, 0.3) is 6.01 Å². The van der Waals surface area contributed by atoms with E-state index >= 15 is 0 Å². The first-order valence-electron chi connectivity index (χ1n) is 9.39. The number of rotatable bonds is 5. The standard InChI is InChI=1S/C19H19F6N3O3/c1-2-31-16-26-15(19(23,24)25)14-13(27(17(29)30)9-10-28(14)16)8-5-11-3-6-12(7-4-11)18(20,21)22/h3-4,6-7,13H,2,5,8-10H2,1H3,(H,29,30). The lowest BCUT2D eigenvalue weighted by molar-refractivity contribution is -0.142. The zero-order valence-corrected chi connectivity index (χ0v) is 16.3. The maximum absolute atomic E-state index is 13.6. The van der Waals surface area contributed by atoms with Crippen molar-refractivity contribution in [1.29, 1.82) is 0 Å². The van der Waals surface area contributed by atoms with Gasteiger partial charge >= 0.3 is 18.4 Å². The van der Waals surface area contributed by atoms with Gasteiger partial charge in [0.15, 0.2) is 5.69 Å². The van der Waals surface area contributed by atoms with Crippen LogP contribution in [0.5, 0.6) is 6.01 Å². The van der Waals surface area contributed by atoms with Crippen molar-refractivity contribution < 1.29 is 41.0 Å². The first kappa shape index (κ1) is 22.8. The number of hydrogen-bond acceptors (Lipinski definition) is 3. The summed E-state index contributed by atoms with van der Waals surface area (Å²) < 4.78 is 85.5. The summed E-state index contributed by atoms with van der Waals surface area (Å²) in [7, 11) is 0. The number of ether oxygens (including phenoxy) is 1. The Morgan fingerprint density at radius 1 is 1.13 bits per heavy atom. The Labute approximate surface area is 173 Å². The van der Waals surface area contributed by atoms with Crippen LogP contribution in [0.15, 0.2) is 24.3 Å². The van der Waals surface area contributed by atoms with Crippen LogP contribution in [-0.2, 0) is 25.3 Å². The van der Waals surface area contributed by atoms with Crippen molar-refractivity contribution in [2.45, 2.75) is 44.7 Å². The minimum absolute atomic E-state index is 0.0587. The van der Waals surface area contributed by atoms with E-state index in [1.54, 1.807) is 6.92 Å². The first-order valence-corrected chi connectivity index (χ1v) is 9.39. The zero-order valence-electron chi connectivity index (χ0n) is 16.3. The second kappa shape index (κ2) is 8.31. The highest BCUT2D eigenvalue weighted by atomic mass is 19.4. The van der Waals surface area contributed by atoms with Gasteiger partial charge in [0.05, 0.1) is 23.9 Å². The number of aryl methyl sites for hydroxylation is 1. The monoisotopic (exact) mass is 451 g/mol. The van der Waals surface area contributed by atoms with Gasteiger partial charge in [0, 0.05) is 13.1 Å². The number of amides is 1. The molecule has 1 aromatic heterocycles. The van der Waals surface area contributed by atoms with E-state index < -0.39 is 35.7 Å². The molecule has 170 valence electrons. The van der Waals surface area contributed by atoms with Crippen molar-refractivity contribution in [3.05, 3.63) is 46.8 Å². The molecule has 31 heavy (non-hydrogen) atoms. The van der Waals surface area contributed by atoms with E-state index in [1.165, 1.54) is 16.7 Å². The molecule has 1 aliphatic heterocycles. The number of hydrogen-bond donors (Lipinski definition) is 1. The average molecular weight is 451 g/mol. The molecular formula is C19H19F6N3O3. The maximum Gasteiger partial charge on any atom is 0.435 e. The van der Waals surface area contributed by atoms with Crippen molar-refractivity contribution in [2.24, 2.45) is 0 Å². The Kier molecular flexibility index (Phi) is 6.10. The fraction of sp³-hybridized carbons (Fsp3) is 0.474. The first-order chi connectivity index (χ1) is 14.4. The molecule has 1 N–H and O–H groups in total. The SMILES string of the molecule is CCOc1nc(C(F)(F)F)c2n1CCN(C(=O)O)C2CCc1ccc(C(F)(F)F)cc1. The van der Waals surface area contributed by atoms with Gasteiger partial charge in [-0.3, -0.25) is 9.47 Å². The summed E-state index contributed by atoms with van der Waals surface area (Å²) in [6.07, 6.45) is -10.7. The van der Waals surface area contributed by atoms with E-state index in [1.807, 2.05) is 0 Å². The fourth-order valence-electron chi connectivity index (χ4n) is 3.64. The minimum atomic E-state index is -4.83. The van der Waals surface area contributed by atoms with Crippen molar-refractivity contribution in [3.8, 4) is 6.01 Å². The lowest BCUT2D eigenvalue weighted by Gasteiger charge is -2.35. The van der Waals surface area contributed by atoms with E-state index in [2.05, 4.69) is 4.98 Å². The molecule has 0 saturated heterocycles. The molecule has 12 heteroatoms. The third kappa shape index (κ3) is 4.72. The zero-order chi connectivity index (χ0) is 23.0. The van der Waals surface area contributed by atoms with E-state index in [0.717, 1.165) is 17.0 Å². The van der Waals surface area contributed by atoms with Crippen molar-refractivity contribution in [2.75, 3.05) is 13.2 Å². The maximum atomic E-state index is 13.6. The molecule has 2 heterocycles. The van der Waals surface area contributed by atoms with Crippen LogP contribution in [0.3, 0.4) is 0 Å². The molecule has 0 spiro atoms. The molecule has 6 nitrogen and oxygen atoms in total. The van der Waals surface area contributed by atoms with Gasteiger partial charge in [-0.1, -0.05) is 12.1 Å². The molecule has 0 aliphatic carbocycles. The predicted molar refractivity (Wildman–Crippen MR) is 95.6 cm³/mol. The second-order valence-corrected chi connectivity index (χ2v) is 6.94. The number of nitrogens with zero attached hydrogens (tertiary/aromatic N) is 3. The Balaban J connectivity index is 1.95. The molecule has 1 unspecified atom stereocenters. The Hall–Kier alpha value is -2.92. The quantitative estimate of drug-likeness (QED) is 0.651. The van der Waals surface area contributed by atoms with Crippen molar-refractivity contribution in [3.63, 3.8) is 0 Å². The lowest BCUT2D eigenvalue weighted by Crippen LogP contribution is -2.42. The van der Waals surface area contributed by atoms with Gasteiger partial charge in [-0.05, 0) is 37.5 Å². The number of benzene rings is 1. The van der Waals surface area contributed by atoms with Crippen LogP contribution in [0.2, 0.25) is 0 Å². The summed E-state index contributed by atoms with van der Waals surface area (Å²) in [5, 5.41) is 9.52. The number of fused-ring (bicyclic) bond motifs is 1. The molecule has 3 rings (SSSR count). The number of carbonyl (C=O) groups is 1. The molecule has 0 fully saturated rings. The molecule has 0 bridgehead atoms. The van der Waals surface area contributed by atoms with Gasteiger partial charge in [-0.2, -0.15) is 31.3 Å². The highest BCUT2D eigenvalue weighted by Crippen LogP contribution is 2.42. The highest BCUT2D eigenvalue weighted by molar-refractivity contribution is 5.66. The number of carboxylic acid groups (broad SMARTS) is 1. The fourth-order valence-corrected chi connectivity index (χ4v) is 3.64. The van der Waals surface area contributed by atoms with Crippen LogP contribution in [0.25, 0.3) is 0 Å². The molecule has 1 atom stereocenters. The van der Waals surface area contributed by atoms with Gasteiger partial charge in [-0.15, -0.1) is 0 Å². The summed E-state index contributed by atoms with van der Waals surface area (Å²) >= 11 is 0. The number of aromatic nitrogens is 2. The molecule has 0 radical (unpaired) electrons. The molecule has 2 aromatic rings. The second-order valence-electron chi connectivity index (χ2n) is 6.94. The normalized spacial score (nSPS) is 16.9. The van der Waals surface area contributed by atoms with E-state index in [0.29, 0.717) is 5.56 Å². The summed E-state index contributed by atoms with van der Waals surface area (Å²) in [6.45, 7) is 1.53. The number of imidazole rings is 1. The summed E-state index contributed by atoms with van der Waals surface area (Å²) in [6, 6.07) is 2.78. The van der Waals surface area contributed by atoms with Crippen LogP contribution in [-0.4, -0.2) is 38.8 Å². The van der Waals surface area contributed by atoms with Gasteiger partial charge in [-0.25, -0.2) is 4.79 Å².